The van der Waals surface area contributed by atoms with Crippen LogP contribution in [0.25, 0.3) is 22.2 Å². The Balaban J connectivity index is 2.31. The highest BCUT2D eigenvalue weighted by molar-refractivity contribution is 7.16. The monoisotopic (exact) mass is 241 g/mol. The van der Waals surface area contributed by atoms with E-state index in [0.29, 0.717) is 15.7 Å². The number of furan rings is 1. The molecule has 0 fully saturated rings. The molecule has 0 aliphatic rings. The van der Waals surface area contributed by atoms with Crippen LogP contribution in [0, 0.1) is 11.3 Å². The number of benzene rings is 1. The third-order valence-electron chi connectivity index (χ3n) is 2.48. The molecule has 0 saturated heterocycles. The summed E-state index contributed by atoms with van der Waals surface area (Å²) < 4.78 is 5.43. The zero-order valence-corrected chi connectivity index (χ0v) is 9.49. The average Bonchev–Trinajstić information content (AvgIpc) is 2.91. The van der Waals surface area contributed by atoms with Gasteiger partial charge in [-0.15, -0.1) is 0 Å². The van der Waals surface area contributed by atoms with E-state index < -0.39 is 0 Å². The molecule has 0 spiro atoms. The van der Waals surface area contributed by atoms with Crippen molar-refractivity contribution >= 4 is 27.4 Å². The van der Waals surface area contributed by atoms with Crippen LogP contribution in [0.15, 0.2) is 34.9 Å². The maximum absolute atomic E-state index is 9.04. The van der Waals surface area contributed by atoms with Crippen LogP contribution in [0.5, 0.6) is 0 Å². The minimum absolute atomic E-state index is 0.391. The van der Waals surface area contributed by atoms with Gasteiger partial charge in [0.15, 0.2) is 5.13 Å². The van der Waals surface area contributed by atoms with Crippen LogP contribution in [0.3, 0.4) is 0 Å². The first-order valence-corrected chi connectivity index (χ1v) is 5.74. The van der Waals surface area contributed by atoms with Crippen LogP contribution in [0.4, 0.5) is 5.13 Å². The fourth-order valence-corrected chi connectivity index (χ4v) is 2.40. The molecule has 2 heterocycles. The molecule has 0 aliphatic carbocycles. The lowest BCUT2D eigenvalue weighted by molar-refractivity contribution is 0.617. The predicted molar refractivity (Wildman–Crippen MR) is 66.4 cm³/mol. The quantitative estimate of drug-likeness (QED) is 0.710. The lowest BCUT2D eigenvalue weighted by Gasteiger charge is -1.92. The SMILES string of the molecule is N#Cc1sc(N)nc1-c1coc2ccccc12. The Morgan fingerprint density at radius 3 is 3.00 bits per heavy atom. The van der Waals surface area contributed by atoms with Crippen LogP contribution in [0.2, 0.25) is 0 Å². The standard InChI is InChI=1S/C12H7N3OS/c13-5-10-11(15-12(14)17-10)8-6-16-9-4-2-1-3-7(8)9/h1-4,6H,(H2,14,15). The highest BCUT2D eigenvalue weighted by Crippen LogP contribution is 2.34. The molecule has 5 heteroatoms. The number of nitrogen functional groups attached to an aromatic ring is 1. The molecular weight excluding hydrogens is 234 g/mol. The molecule has 0 saturated carbocycles. The number of hydrogen-bond donors (Lipinski definition) is 1. The van der Waals surface area contributed by atoms with Gasteiger partial charge in [0.25, 0.3) is 0 Å². The number of hydrogen-bond acceptors (Lipinski definition) is 5. The van der Waals surface area contributed by atoms with Gasteiger partial charge in [0.2, 0.25) is 0 Å². The van der Waals surface area contributed by atoms with Crippen LogP contribution >= 0.6 is 11.3 Å². The highest BCUT2D eigenvalue weighted by atomic mass is 32.1. The van der Waals surface area contributed by atoms with Crippen molar-refractivity contribution in [2.24, 2.45) is 0 Å². The predicted octanol–water partition coefficient (Wildman–Crippen LogP) is 3.01. The molecule has 0 unspecified atom stereocenters. The summed E-state index contributed by atoms with van der Waals surface area (Å²) in [6.07, 6.45) is 1.61. The van der Waals surface area contributed by atoms with Crippen LogP contribution < -0.4 is 5.73 Å². The largest absolute Gasteiger partial charge is 0.464 e. The Morgan fingerprint density at radius 1 is 1.35 bits per heavy atom. The van der Waals surface area contributed by atoms with E-state index in [0.717, 1.165) is 16.5 Å². The van der Waals surface area contributed by atoms with Gasteiger partial charge in [0.05, 0.1) is 0 Å². The molecular formula is C12H7N3OS. The normalized spacial score (nSPS) is 10.5. The van der Waals surface area contributed by atoms with Crippen molar-refractivity contribution in [1.29, 1.82) is 5.26 Å². The minimum Gasteiger partial charge on any atom is -0.464 e. The summed E-state index contributed by atoms with van der Waals surface area (Å²) in [5.74, 6) is 0. The topological polar surface area (TPSA) is 75.8 Å². The van der Waals surface area contributed by atoms with Crippen molar-refractivity contribution in [3.63, 3.8) is 0 Å². The molecule has 17 heavy (non-hydrogen) atoms. The number of nitrogens with zero attached hydrogens (tertiary/aromatic N) is 2. The number of aromatic nitrogens is 1. The minimum atomic E-state index is 0.391. The number of thiazole rings is 1. The van der Waals surface area contributed by atoms with Crippen LogP contribution in [-0.2, 0) is 0 Å². The van der Waals surface area contributed by atoms with Crippen molar-refractivity contribution in [3.05, 3.63) is 35.4 Å². The molecule has 0 amide bonds. The Hall–Kier alpha value is -2.32. The Kier molecular flexibility index (Phi) is 2.10. The Morgan fingerprint density at radius 2 is 2.18 bits per heavy atom. The zero-order valence-electron chi connectivity index (χ0n) is 8.68. The van der Waals surface area contributed by atoms with Crippen molar-refractivity contribution < 1.29 is 4.42 Å². The fourth-order valence-electron chi connectivity index (χ4n) is 1.76. The molecule has 0 atom stereocenters. The second-order valence-electron chi connectivity index (χ2n) is 3.49. The zero-order chi connectivity index (χ0) is 11.8. The van der Waals surface area contributed by atoms with Gasteiger partial charge in [-0.25, -0.2) is 4.98 Å². The van der Waals surface area contributed by atoms with E-state index in [9.17, 15) is 0 Å². The maximum Gasteiger partial charge on any atom is 0.181 e. The third-order valence-corrected chi connectivity index (χ3v) is 3.27. The van der Waals surface area contributed by atoms with Gasteiger partial charge in [-0.3, -0.25) is 0 Å². The van der Waals surface area contributed by atoms with Gasteiger partial charge >= 0.3 is 0 Å². The average molecular weight is 241 g/mol. The van der Waals surface area contributed by atoms with Crippen molar-refractivity contribution in [3.8, 4) is 17.3 Å². The Bertz CT molecular complexity index is 736. The first-order valence-electron chi connectivity index (χ1n) is 4.92. The van der Waals surface area contributed by atoms with Crippen molar-refractivity contribution in [2.45, 2.75) is 0 Å². The number of rotatable bonds is 1. The van der Waals surface area contributed by atoms with Gasteiger partial charge in [0.1, 0.15) is 28.5 Å². The number of para-hydroxylation sites is 1. The molecule has 0 radical (unpaired) electrons. The number of nitrogens with two attached hydrogens (primary N) is 1. The molecule has 2 N–H and O–H groups in total. The van der Waals surface area contributed by atoms with Crippen molar-refractivity contribution in [1.82, 2.24) is 4.98 Å². The van der Waals surface area contributed by atoms with E-state index in [1.807, 2.05) is 24.3 Å². The van der Waals surface area contributed by atoms with E-state index in [-0.39, 0.29) is 0 Å². The lowest BCUT2D eigenvalue weighted by atomic mass is 10.1. The van der Waals surface area contributed by atoms with E-state index in [2.05, 4.69) is 11.1 Å². The van der Waals surface area contributed by atoms with Gasteiger partial charge in [-0.2, -0.15) is 5.26 Å². The van der Waals surface area contributed by atoms with E-state index >= 15 is 0 Å². The number of anilines is 1. The van der Waals surface area contributed by atoms with E-state index in [1.165, 1.54) is 11.3 Å². The van der Waals surface area contributed by atoms with Gasteiger partial charge in [-0.05, 0) is 6.07 Å². The summed E-state index contributed by atoms with van der Waals surface area (Å²) >= 11 is 1.19. The maximum atomic E-state index is 9.04. The second-order valence-corrected chi connectivity index (χ2v) is 4.52. The molecule has 3 rings (SSSR count). The smallest absolute Gasteiger partial charge is 0.181 e. The summed E-state index contributed by atoms with van der Waals surface area (Å²) in [7, 11) is 0. The number of fused-ring (bicyclic) bond motifs is 1. The molecule has 4 nitrogen and oxygen atoms in total. The summed E-state index contributed by atoms with van der Waals surface area (Å²) in [6.45, 7) is 0. The molecule has 2 aromatic heterocycles. The summed E-state index contributed by atoms with van der Waals surface area (Å²) in [4.78, 5) is 4.70. The van der Waals surface area contributed by atoms with E-state index in [1.54, 1.807) is 6.26 Å². The first kappa shape index (κ1) is 9.87. The lowest BCUT2D eigenvalue weighted by Crippen LogP contribution is -1.83. The summed E-state index contributed by atoms with van der Waals surface area (Å²) in [6, 6.07) is 9.73. The molecule has 82 valence electrons. The second kappa shape index (κ2) is 3.61. The Labute approximate surface area is 101 Å². The third kappa shape index (κ3) is 1.47. The van der Waals surface area contributed by atoms with E-state index in [4.69, 9.17) is 15.4 Å². The van der Waals surface area contributed by atoms with Gasteiger partial charge < -0.3 is 10.2 Å². The molecule has 1 aromatic carbocycles. The van der Waals surface area contributed by atoms with Gasteiger partial charge in [-0.1, -0.05) is 29.5 Å². The van der Waals surface area contributed by atoms with Crippen molar-refractivity contribution in [2.75, 3.05) is 5.73 Å². The molecule has 0 aliphatic heterocycles. The molecule has 0 bridgehead atoms. The highest BCUT2D eigenvalue weighted by Gasteiger charge is 2.16. The first-order chi connectivity index (χ1) is 8.29. The summed E-state index contributed by atoms with van der Waals surface area (Å²) in [5.41, 5.74) is 7.81. The van der Waals surface area contributed by atoms with Crippen LogP contribution in [-0.4, -0.2) is 4.98 Å². The fraction of sp³-hybridized carbons (Fsp3) is 0. The molecule has 3 aromatic rings. The number of nitriles is 1. The summed E-state index contributed by atoms with van der Waals surface area (Å²) in [5, 5.41) is 10.4. The van der Waals surface area contributed by atoms with Gasteiger partial charge in [0, 0.05) is 10.9 Å². The van der Waals surface area contributed by atoms with Crippen LogP contribution in [0.1, 0.15) is 4.88 Å².